The van der Waals surface area contributed by atoms with Gasteiger partial charge in [-0.25, -0.2) is 13.2 Å². The van der Waals surface area contributed by atoms with E-state index < -0.39 is 34.4 Å². The van der Waals surface area contributed by atoms with Gasteiger partial charge in [-0.3, -0.25) is 4.79 Å². The summed E-state index contributed by atoms with van der Waals surface area (Å²) < 4.78 is 32.4. The number of nitrogens with one attached hydrogen (secondary N) is 1. The van der Waals surface area contributed by atoms with Crippen molar-refractivity contribution >= 4 is 27.8 Å². The summed E-state index contributed by atoms with van der Waals surface area (Å²) >= 11 is 0. The van der Waals surface area contributed by atoms with Gasteiger partial charge >= 0.3 is 5.97 Å². The average molecular weight is 353 g/mol. The number of methoxy groups -OCH3 is 1. The Balaban J connectivity index is 1.74. The van der Waals surface area contributed by atoms with Gasteiger partial charge in [-0.05, 0) is 30.2 Å². The van der Waals surface area contributed by atoms with Crippen LogP contribution >= 0.6 is 0 Å². The monoisotopic (exact) mass is 353 g/mol. The van der Waals surface area contributed by atoms with Crippen LogP contribution in [0, 0.1) is 0 Å². The molecule has 0 radical (unpaired) electrons. The molecule has 0 bridgehead atoms. The van der Waals surface area contributed by atoms with Crippen LogP contribution in [0.2, 0.25) is 0 Å². The molecule has 0 aromatic heterocycles. The van der Waals surface area contributed by atoms with Gasteiger partial charge in [0.15, 0.2) is 16.4 Å². The predicted octanol–water partition coefficient (Wildman–Crippen LogP) is 0.555. The molecule has 1 N–H and O–H groups in total. The molecular formula is C16H19NO6S. The highest BCUT2D eigenvalue weighted by atomic mass is 32.2. The number of esters is 1. The zero-order valence-corrected chi connectivity index (χ0v) is 14.0. The van der Waals surface area contributed by atoms with Crippen LogP contribution in [-0.4, -0.2) is 51.6 Å². The van der Waals surface area contributed by atoms with Crippen LogP contribution in [0.3, 0.4) is 0 Å². The van der Waals surface area contributed by atoms with Gasteiger partial charge in [0.1, 0.15) is 5.75 Å². The minimum absolute atomic E-state index is 0.0654. The van der Waals surface area contributed by atoms with Crippen molar-refractivity contribution in [1.82, 2.24) is 5.32 Å². The Hall–Kier alpha value is -2.35. The third kappa shape index (κ3) is 5.69. The van der Waals surface area contributed by atoms with Gasteiger partial charge in [0, 0.05) is 12.1 Å². The Morgan fingerprint density at radius 1 is 1.29 bits per heavy atom. The summed E-state index contributed by atoms with van der Waals surface area (Å²) in [5.41, 5.74) is 0.786. The molecule has 1 amide bonds. The lowest BCUT2D eigenvalue weighted by Crippen LogP contribution is -2.38. The SMILES string of the molecule is COc1ccc(C=CC(=O)OCC(=O)NC2CCS(=O)(=O)C2)cc1. The molecule has 2 rings (SSSR count). The first-order valence-corrected chi connectivity index (χ1v) is 9.19. The molecule has 1 unspecified atom stereocenters. The number of carbonyl (C=O) groups excluding carboxylic acids is 2. The molecule has 1 saturated heterocycles. The molecule has 1 aliphatic heterocycles. The Labute approximate surface area is 140 Å². The number of hydrogen-bond acceptors (Lipinski definition) is 6. The first-order valence-electron chi connectivity index (χ1n) is 7.36. The van der Waals surface area contributed by atoms with Crippen LogP contribution in [0.1, 0.15) is 12.0 Å². The summed E-state index contributed by atoms with van der Waals surface area (Å²) in [6, 6.07) is 6.66. The quantitative estimate of drug-likeness (QED) is 0.592. The number of amides is 1. The number of hydrogen-bond donors (Lipinski definition) is 1. The molecule has 7 nitrogen and oxygen atoms in total. The normalized spacial score (nSPS) is 19.1. The first kappa shape index (κ1) is 18.0. The summed E-state index contributed by atoms with van der Waals surface area (Å²) in [7, 11) is -1.50. The molecule has 1 fully saturated rings. The Bertz CT molecular complexity index is 723. The minimum Gasteiger partial charge on any atom is -0.497 e. The van der Waals surface area contributed by atoms with E-state index in [0.717, 1.165) is 5.56 Å². The van der Waals surface area contributed by atoms with Crippen LogP contribution in [0.25, 0.3) is 6.08 Å². The van der Waals surface area contributed by atoms with Crippen LogP contribution < -0.4 is 10.1 Å². The summed E-state index contributed by atoms with van der Waals surface area (Å²) in [4.78, 5) is 23.2. The maximum atomic E-state index is 11.6. The molecule has 1 atom stereocenters. The van der Waals surface area contributed by atoms with Crippen LogP contribution in [0.15, 0.2) is 30.3 Å². The van der Waals surface area contributed by atoms with Gasteiger partial charge in [0.25, 0.3) is 5.91 Å². The number of sulfone groups is 1. The summed E-state index contributed by atoms with van der Waals surface area (Å²) in [6.45, 7) is -0.442. The fourth-order valence-corrected chi connectivity index (χ4v) is 3.92. The van der Waals surface area contributed by atoms with E-state index in [0.29, 0.717) is 12.2 Å². The van der Waals surface area contributed by atoms with Gasteiger partial charge in [-0.2, -0.15) is 0 Å². The largest absolute Gasteiger partial charge is 0.497 e. The maximum absolute atomic E-state index is 11.6. The number of rotatable bonds is 6. The van der Waals surface area contributed by atoms with Crippen LogP contribution in [-0.2, 0) is 24.2 Å². The number of benzene rings is 1. The molecule has 130 valence electrons. The second-order valence-corrected chi connectivity index (χ2v) is 7.61. The second kappa shape index (κ2) is 7.96. The lowest BCUT2D eigenvalue weighted by Gasteiger charge is -2.10. The van der Waals surface area contributed by atoms with Crippen LogP contribution in [0.4, 0.5) is 0 Å². The highest BCUT2D eigenvalue weighted by molar-refractivity contribution is 7.91. The highest BCUT2D eigenvalue weighted by Gasteiger charge is 2.28. The number of ether oxygens (including phenoxy) is 2. The van der Waals surface area contributed by atoms with Crippen molar-refractivity contribution in [3.63, 3.8) is 0 Å². The van der Waals surface area contributed by atoms with Gasteiger partial charge < -0.3 is 14.8 Å². The van der Waals surface area contributed by atoms with Gasteiger partial charge in [-0.15, -0.1) is 0 Å². The molecule has 1 aromatic rings. The van der Waals surface area contributed by atoms with E-state index in [1.54, 1.807) is 37.5 Å². The van der Waals surface area contributed by atoms with Crippen molar-refractivity contribution in [1.29, 1.82) is 0 Å². The fourth-order valence-electron chi connectivity index (χ4n) is 2.24. The van der Waals surface area contributed by atoms with E-state index in [1.807, 2.05) is 0 Å². The van der Waals surface area contributed by atoms with E-state index in [4.69, 9.17) is 9.47 Å². The standard InChI is InChI=1S/C16H19NO6S/c1-22-14-5-2-12(3-6-14)4-7-16(19)23-10-15(18)17-13-8-9-24(20,21)11-13/h2-7,13H,8-11H2,1H3,(H,17,18). The van der Waals surface area contributed by atoms with Crippen molar-refractivity contribution in [2.24, 2.45) is 0 Å². The topological polar surface area (TPSA) is 98.8 Å². The van der Waals surface area contributed by atoms with E-state index in [2.05, 4.69) is 5.32 Å². The Morgan fingerprint density at radius 3 is 2.58 bits per heavy atom. The van der Waals surface area contributed by atoms with E-state index >= 15 is 0 Å². The number of carbonyl (C=O) groups is 2. The van der Waals surface area contributed by atoms with Gasteiger partial charge in [0.05, 0.1) is 18.6 Å². The molecule has 0 aliphatic carbocycles. The molecule has 0 saturated carbocycles. The second-order valence-electron chi connectivity index (χ2n) is 5.38. The van der Waals surface area contributed by atoms with E-state index in [-0.39, 0.29) is 11.5 Å². The minimum atomic E-state index is -3.06. The molecule has 1 heterocycles. The highest BCUT2D eigenvalue weighted by Crippen LogP contribution is 2.12. The molecular weight excluding hydrogens is 334 g/mol. The van der Waals surface area contributed by atoms with Crippen molar-refractivity contribution in [3.8, 4) is 5.75 Å². The van der Waals surface area contributed by atoms with Gasteiger partial charge in [-0.1, -0.05) is 12.1 Å². The van der Waals surface area contributed by atoms with Crippen LogP contribution in [0.5, 0.6) is 5.75 Å². The molecule has 1 aliphatic rings. The lowest BCUT2D eigenvalue weighted by atomic mass is 10.2. The smallest absolute Gasteiger partial charge is 0.331 e. The molecule has 8 heteroatoms. The average Bonchev–Trinajstić information content (AvgIpc) is 2.90. The molecule has 24 heavy (non-hydrogen) atoms. The zero-order valence-electron chi connectivity index (χ0n) is 13.2. The summed E-state index contributed by atoms with van der Waals surface area (Å²) in [5, 5.41) is 2.54. The summed E-state index contributed by atoms with van der Waals surface area (Å²) in [5.74, 6) is -0.449. The third-order valence-corrected chi connectivity index (χ3v) is 5.24. The first-order chi connectivity index (χ1) is 11.4. The fraction of sp³-hybridized carbons (Fsp3) is 0.375. The molecule has 1 aromatic carbocycles. The van der Waals surface area contributed by atoms with E-state index in [1.165, 1.54) is 6.08 Å². The van der Waals surface area contributed by atoms with Crippen molar-refractivity contribution in [2.75, 3.05) is 25.2 Å². The lowest BCUT2D eigenvalue weighted by molar-refractivity contribution is -0.143. The molecule has 0 spiro atoms. The van der Waals surface area contributed by atoms with E-state index in [9.17, 15) is 18.0 Å². The summed E-state index contributed by atoms with van der Waals surface area (Å²) in [6.07, 6.45) is 3.16. The van der Waals surface area contributed by atoms with Crippen molar-refractivity contribution in [3.05, 3.63) is 35.9 Å². The maximum Gasteiger partial charge on any atom is 0.331 e. The Morgan fingerprint density at radius 2 is 2.00 bits per heavy atom. The third-order valence-electron chi connectivity index (χ3n) is 3.47. The van der Waals surface area contributed by atoms with Crippen molar-refractivity contribution < 1.29 is 27.5 Å². The van der Waals surface area contributed by atoms with Crippen molar-refractivity contribution in [2.45, 2.75) is 12.5 Å². The predicted molar refractivity (Wildman–Crippen MR) is 88.2 cm³/mol. The zero-order chi connectivity index (χ0) is 17.6. The van der Waals surface area contributed by atoms with Gasteiger partial charge in [0.2, 0.25) is 0 Å². The Kier molecular flexibility index (Phi) is 5.97.